The van der Waals surface area contributed by atoms with Crippen LogP contribution in [0.5, 0.6) is 5.75 Å². The Bertz CT molecular complexity index is 1350. The number of fused-ring (bicyclic) bond motifs is 1. The molecule has 0 aliphatic heterocycles. The van der Waals surface area contributed by atoms with Gasteiger partial charge in [0.15, 0.2) is 0 Å². The van der Waals surface area contributed by atoms with Crippen LogP contribution in [0.2, 0.25) is 0 Å². The molecule has 1 heterocycles. The van der Waals surface area contributed by atoms with Crippen molar-refractivity contribution in [2.24, 2.45) is 0 Å². The number of benzene rings is 3. The molecule has 0 saturated heterocycles. The average molecular weight is 437 g/mol. The van der Waals surface area contributed by atoms with Crippen LogP contribution in [0.15, 0.2) is 79.9 Å². The molecular weight excluding hydrogens is 408 g/mol. The van der Waals surface area contributed by atoms with Crippen molar-refractivity contribution in [3.8, 4) is 17.0 Å². The van der Waals surface area contributed by atoms with Gasteiger partial charge in [0.05, 0.1) is 25.4 Å². The summed E-state index contributed by atoms with van der Waals surface area (Å²) in [6, 6.07) is 22.3. The van der Waals surface area contributed by atoms with Gasteiger partial charge in [-0.25, -0.2) is 4.98 Å². The fourth-order valence-electron chi connectivity index (χ4n) is 4.02. The predicted octanol–water partition coefficient (Wildman–Crippen LogP) is 7.23. The van der Waals surface area contributed by atoms with E-state index in [1.165, 1.54) is 5.56 Å². The third-order valence-electron chi connectivity index (χ3n) is 5.70. The molecule has 0 saturated carbocycles. The van der Waals surface area contributed by atoms with Gasteiger partial charge in [-0.1, -0.05) is 36.9 Å². The van der Waals surface area contributed by atoms with Crippen LogP contribution in [0, 0.1) is 13.8 Å². The van der Waals surface area contributed by atoms with Crippen molar-refractivity contribution in [2.75, 3.05) is 19.5 Å². The van der Waals surface area contributed by atoms with Crippen molar-refractivity contribution in [2.45, 2.75) is 13.8 Å². The van der Waals surface area contributed by atoms with Crippen LogP contribution in [0.3, 0.4) is 0 Å². The molecule has 4 heteroatoms. The lowest BCUT2D eigenvalue weighted by Gasteiger charge is -2.17. The fraction of sp³-hybridized carbons (Fsp3) is 0.138. The number of anilines is 1. The van der Waals surface area contributed by atoms with E-state index in [-0.39, 0.29) is 0 Å². The Morgan fingerprint density at radius 3 is 2.33 bits per heavy atom. The molecule has 0 unspecified atom stereocenters. The summed E-state index contributed by atoms with van der Waals surface area (Å²) >= 11 is 0. The highest BCUT2D eigenvalue weighted by Gasteiger charge is 2.15. The van der Waals surface area contributed by atoms with Crippen molar-refractivity contribution < 1.29 is 9.47 Å². The first-order valence-corrected chi connectivity index (χ1v) is 10.8. The molecule has 0 spiro atoms. The first-order valence-electron chi connectivity index (χ1n) is 10.8. The monoisotopic (exact) mass is 436 g/mol. The molecule has 1 aromatic heterocycles. The summed E-state index contributed by atoms with van der Waals surface area (Å²) in [5.74, 6) is 1.42. The zero-order valence-corrected chi connectivity index (χ0v) is 19.5. The molecule has 0 amide bonds. The van der Waals surface area contributed by atoms with Crippen LogP contribution in [-0.4, -0.2) is 19.2 Å². The van der Waals surface area contributed by atoms with Gasteiger partial charge in [-0.15, -0.1) is 0 Å². The van der Waals surface area contributed by atoms with E-state index >= 15 is 0 Å². The Hall–Kier alpha value is -4.05. The lowest BCUT2D eigenvalue weighted by molar-refractivity contribution is 0.371. The number of methoxy groups -OCH3 is 2. The molecule has 0 bridgehead atoms. The smallest absolute Gasteiger partial charge is 0.128 e. The van der Waals surface area contributed by atoms with E-state index in [0.717, 1.165) is 56.0 Å². The summed E-state index contributed by atoms with van der Waals surface area (Å²) in [7, 11) is 3.30. The number of nitrogens with zero attached hydrogens (tertiary/aromatic N) is 1. The largest absolute Gasteiger partial charge is 0.497 e. The topological polar surface area (TPSA) is 43.4 Å². The quantitative estimate of drug-likeness (QED) is 0.310. The van der Waals surface area contributed by atoms with E-state index in [1.807, 2.05) is 48.5 Å². The number of nitrogens with one attached hydrogen (secondary N) is 1. The van der Waals surface area contributed by atoms with Gasteiger partial charge in [-0.05, 0) is 67.9 Å². The minimum absolute atomic E-state index is 0.632. The highest BCUT2D eigenvalue weighted by molar-refractivity contribution is 5.97. The maximum Gasteiger partial charge on any atom is 0.128 e. The second kappa shape index (κ2) is 9.21. The number of para-hydroxylation sites is 1. The standard InChI is InChI=1S/C29H28N2O2/c1-18-15-19(2)29-26(16-18)25(17-27(31-29)24-9-7-8-10-28(24)33-6)20(3)30-23-13-11-22(12-14-23)21(4)32-5/h7-17,30H,3-4H2,1-2,5-6H3. The van der Waals surface area contributed by atoms with Gasteiger partial charge in [0.25, 0.3) is 0 Å². The molecule has 0 radical (unpaired) electrons. The summed E-state index contributed by atoms with van der Waals surface area (Å²) in [5.41, 5.74) is 8.71. The summed E-state index contributed by atoms with van der Waals surface area (Å²) in [4.78, 5) is 5.01. The van der Waals surface area contributed by atoms with E-state index < -0.39 is 0 Å². The Morgan fingerprint density at radius 1 is 0.909 bits per heavy atom. The zero-order valence-electron chi connectivity index (χ0n) is 19.5. The second-order valence-electron chi connectivity index (χ2n) is 8.04. The number of aryl methyl sites for hydroxylation is 2. The molecule has 1 N–H and O–H groups in total. The van der Waals surface area contributed by atoms with Crippen LogP contribution in [0.4, 0.5) is 5.69 Å². The molecule has 0 atom stereocenters. The molecule has 4 nitrogen and oxygen atoms in total. The van der Waals surface area contributed by atoms with E-state index in [9.17, 15) is 0 Å². The molecule has 0 aliphatic rings. The summed E-state index contributed by atoms with van der Waals surface area (Å²) < 4.78 is 10.8. The number of aromatic nitrogens is 1. The van der Waals surface area contributed by atoms with Gasteiger partial charge in [0.2, 0.25) is 0 Å². The molecule has 166 valence electrons. The summed E-state index contributed by atoms with van der Waals surface area (Å²) in [5, 5.41) is 4.52. The van der Waals surface area contributed by atoms with Crippen LogP contribution >= 0.6 is 0 Å². The molecule has 0 fully saturated rings. The SMILES string of the molecule is C=C(OC)c1ccc(NC(=C)c2cc(-c3ccccc3OC)nc3c(C)cc(C)cc23)cc1. The summed E-state index contributed by atoms with van der Waals surface area (Å²) in [6.45, 7) is 12.5. The molecule has 4 aromatic rings. The van der Waals surface area contributed by atoms with Gasteiger partial charge in [0.1, 0.15) is 11.5 Å². The zero-order chi connectivity index (χ0) is 23.5. The maximum absolute atomic E-state index is 5.60. The normalized spacial score (nSPS) is 10.7. The van der Waals surface area contributed by atoms with E-state index in [0.29, 0.717) is 5.76 Å². The van der Waals surface area contributed by atoms with Crippen molar-refractivity contribution in [1.29, 1.82) is 0 Å². The van der Waals surface area contributed by atoms with Crippen molar-refractivity contribution in [3.05, 3.63) is 102 Å². The summed E-state index contributed by atoms with van der Waals surface area (Å²) in [6.07, 6.45) is 0. The minimum atomic E-state index is 0.632. The van der Waals surface area contributed by atoms with E-state index in [4.69, 9.17) is 14.5 Å². The Balaban J connectivity index is 1.81. The van der Waals surface area contributed by atoms with Gasteiger partial charge >= 0.3 is 0 Å². The van der Waals surface area contributed by atoms with Crippen molar-refractivity contribution >= 4 is 28.0 Å². The second-order valence-corrected chi connectivity index (χ2v) is 8.04. The molecule has 3 aromatic carbocycles. The van der Waals surface area contributed by atoms with Crippen LogP contribution in [0.1, 0.15) is 22.3 Å². The van der Waals surface area contributed by atoms with Crippen molar-refractivity contribution in [3.63, 3.8) is 0 Å². The first kappa shape index (κ1) is 22.2. The predicted molar refractivity (Wildman–Crippen MR) is 138 cm³/mol. The molecule has 0 aliphatic carbocycles. The van der Waals surface area contributed by atoms with E-state index in [1.54, 1.807) is 14.2 Å². The number of pyridine rings is 1. The number of hydrogen-bond donors (Lipinski definition) is 1. The van der Waals surface area contributed by atoms with Crippen LogP contribution in [-0.2, 0) is 4.74 Å². The minimum Gasteiger partial charge on any atom is -0.497 e. The van der Waals surface area contributed by atoms with Crippen molar-refractivity contribution in [1.82, 2.24) is 4.98 Å². The Morgan fingerprint density at radius 2 is 1.64 bits per heavy atom. The maximum atomic E-state index is 5.60. The molecular formula is C29H28N2O2. The highest BCUT2D eigenvalue weighted by atomic mass is 16.5. The molecule has 4 rings (SSSR count). The third kappa shape index (κ3) is 4.46. The molecule has 33 heavy (non-hydrogen) atoms. The third-order valence-corrected chi connectivity index (χ3v) is 5.70. The Labute approximate surface area is 195 Å². The first-order chi connectivity index (χ1) is 15.9. The van der Waals surface area contributed by atoms with Crippen LogP contribution in [0.25, 0.3) is 33.6 Å². The van der Waals surface area contributed by atoms with E-state index in [2.05, 4.69) is 50.5 Å². The number of ether oxygens (including phenoxy) is 2. The number of hydrogen-bond acceptors (Lipinski definition) is 4. The highest BCUT2D eigenvalue weighted by Crippen LogP contribution is 2.35. The fourth-order valence-corrected chi connectivity index (χ4v) is 4.02. The lowest BCUT2D eigenvalue weighted by Crippen LogP contribution is -2.02. The number of rotatable bonds is 7. The Kier molecular flexibility index (Phi) is 6.18. The van der Waals surface area contributed by atoms with Gasteiger partial charge in [-0.2, -0.15) is 0 Å². The van der Waals surface area contributed by atoms with Gasteiger partial charge in [-0.3, -0.25) is 0 Å². The average Bonchev–Trinajstić information content (AvgIpc) is 2.83. The van der Waals surface area contributed by atoms with Gasteiger partial charge in [0, 0.05) is 33.5 Å². The van der Waals surface area contributed by atoms with Gasteiger partial charge < -0.3 is 14.8 Å². The van der Waals surface area contributed by atoms with Crippen LogP contribution < -0.4 is 10.1 Å². The lowest BCUT2D eigenvalue weighted by atomic mass is 9.98.